The first-order chi connectivity index (χ1) is 16.3. The average molecular weight is 486 g/mol. The molecule has 0 radical (unpaired) electrons. The quantitative estimate of drug-likeness (QED) is 0.464. The molecule has 1 heterocycles. The molecule has 0 saturated carbocycles. The van der Waals surface area contributed by atoms with E-state index in [9.17, 15) is 14.4 Å². The second-order valence-corrected chi connectivity index (χ2v) is 8.80. The molecule has 0 spiro atoms. The maximum Gasteiger partial charge on any atom is 0.254 e. The molecule has 7 nitrogen and oxygen atoms in total. The van der Waals surface area contributed by atoms with Gasteiger partial charge in [0.15, 0.2) is 0 Å². The molecule has 0 unspecified atom stereocenters. The summed E-state index contributed by atoms with van der Waals surface area (Å²) >= 11 is 6.21. The number of rotatable bonds is 10. The Morgan fingerprint density at radius 1 is 1.09 bits per heavy atom. The number of carbonyl (C=O) groups excluding carboxylic acids is 3. The highest BCUT2D eigenvalue weighted by atomic mass is 35.5. The van der Waals surface area contributed by atoms with E-state index in [1.54, 1.807) is 41.3 Å². The maximum atomic E-state index is 13.1. The molecule has 0 bridgehead atoms. The number of anilines is 1. The van der Waals surface area contributed by atoms with Gasteiger partial charge in [-0.25, -0.2) is 0 Å². The van der Waals surface area contributed by atoms with Crippen molar-refractivity contribution in [2.75, 3.05) is 37.8 Å². The smallest absolute Gasteiger partial charge is 0.254 e. The monoisotopic (exact) mass is 485 g/mol. The number of unbranched alkanes of at least 4 members (excludes halogenated alkanes) is 1. The fraction of sp³-hybridized carbons (Fsp3) is 0.423. The Morgan fingerprint density at radius 2 is 1.82 bits per heavy atom. The highest BCUT2D eigenvalue weighted by molar-refractivity contribution is 6.31. The van der Waals surface area contributed by atoms with Crippen LogP contribution in [0.15, 0.2) is 42.5 Å². The van der Waals surface area contributed by atoms with E-state index in [4.69, 9.17) is 16.3 Å². The fourth-order valence-corrected chi connectivity index (χ4v) is 3.98. The van der Waals surface area contributed by atoms with E-state index in [1.165, 1.54) is 9.80 Å². The Kier molecular flexibility index (Phi) is 8.93. The summed E-state index contributed by atoms with van der Waals surface area (Å²) in [6.07, 6.45) is 2.74. The number of hydrogen-bond donors (Lipinski definition) is 0. The lowest BCUT2D eigenvalue weighted by molar-refractivity contribution is -0.132. The van der Waals surface area contributed by atoms with Gasteiger partial charge in [-0.3, -0.25) is 19.3 Å². The molecule has 0 N–H and O–H groups in total. The lowest BCUT2D eigenvalue weighted by Crippen LogP contribution is -2.43. The van der Waals surface area contributed by atoms with E-state index >= 15 is 0 Å². The summed E-state index contributed by atoms with van der Waals surface area (Å²) in [7, 11) is 0. The molecule has 0 aliphatic carbocycles. The molecule has 3 rings (SSSR count). The summed E-state index contributed by atoms with van der Waals surface area (Å²) in [5, 5.41) is 0.566. The van der Waals surface area contributed by atoms with E-state index in [-0.39, 0.29) is 37.5 Å². The Labute approximate surface area is 206 Å². The van der Waals surface area contributed by atoms with Gasteiger partial charge >= 0.3 is 0 Å². The molecule has 1 aliphatic heterocycles. The number of hydrogen-bond acceptors (Lipinski definition) is 4. The number of benzene rings is 2. The number of nitrogens with zero attached hydrogens (tertiary/aromatic N) is 3. The van der Waals surface area contributed by atoms with Crippen LogP contribution in [0.3, 0.4) is 0 Å². The minimum absolute atomic E-state index is 0.0251. The molecule has 34 heavy (non-hydrogen) atoms. The summed E-state index contributed by atoms with van der Waals surface area (Å²) in [5.74, 6) is 0.0565. The Morgan fingerprint density at radius 3 is 2.50 bits per heavy atom. The van der Waals surface area contributed by atoms with Crippen molar-refractivity contribution < 1.29 is 19.1 Å². The van der Waals surface area contributed by atoms with Crippen LogP contribution in [0.2, 0.25) is 5.02 Å². The second-order valence-electron chi connectivity index (χ2n) is 8.39. The van der Waals surface area contributed by atoms with E-state index in [0.717, 1.165) is 24.2 Å². The van der Waals surface area contributed by atoms with Gasteiger partial charge in [-0.15, -0.1) is 0 Å². The van der Waals surface area contributed by atoms with Crippen molar-refractivity contribution in [2.24, 2.45) is 0 Å². The predicted molar refractivity (Wildman–Crippen MR) is 133 cm³/mol. The second kappa shape index (κ2) is 11.9. The van der Waals surface area contributed by atoms with Gasteiger partial charge in [-0.2, -0.15) is 0 Å². The number of ether oxygens (including phenoxy) is 1. The van der Waals surface area contributed by atoms with Crippen molar-refractivity contribution in [3.8, 4) is 5.75 Å². The third-order valence-corrected chi connectivity index (χ3v) is 6.21. The van der Waals surface area contributed by atoms with Crippen LogP contribution in [0.25, 0.3) is 0 Å². The summed E-state index contributed by atoms with van der Waals surface area (Å²) in [6.45, 7) is 7.01. The van der Waals surface area contributed by atoms with Crippen LogP contribution in [-0.4, -0.2) is 60.4 Å². The van der Waals surface area contributed by atoms with Crippen LogP contribution in [0.4, 0.5) is 5.69 Å². The van der Waals surface area contributed by atoms with E-state index < -0.39 is 0 Å². The lowest BCUT2D eigenvalue weighted by Gasteiger charge is -2.25. The lowest BCUT2D eigenvalue weighted by atomic mass is 10.2. The average Bonchev–Trinajstić information content (AvgIpc) is 3.22. The van der Waals surface area contributed by atoms with Gasteiger partial charge in [0.05, 0.1) is 6.61 Å². The van der Waals surface area contributed by atoms with Crippen LogP contribution in [0.5, 0.6) is 5.75 Å². The van der Waals surface area contributed by atoms with Gasteiger partial charge < -0.3 is 14.5 Å². The minimum Gasteiger partial charge on any atom is -0.494 e. The van der Waals surface area contributed by atoms with Crippen molar-refractivity contribution in [3.05, 3.63) is 58.6 Å². The number of carbonyl (C=O) groups is 3. The van der Waals surface area contributed by atoms with Crippen molar-refractivity contribution >= 4 is 35.0 Å². The Bertz CT molecular complexity index is 1030. The summed E-state index contributed by atoms with van der Waals surface area (Å²) < 4.78 is 5.66. The first-order valence-electron chi connectivity index (χ1n) is 11.7. The van der Waals surface area contributed by atoms with Gasteiger partial charge in [-0.1, -0.05) is 37.9 Å². The molecule has 2 aromatic carbocycles. The molecule has 1 fully saturated rings. The van der Waals surface area contributed by atoms with Crippen LogP contribution < -0.4 is 9.64 Å². The third kappa shape index (κ3) is 6.08. The molecular formula is C26H32ClN3O4. The topological polar surface area (TPSA) is 70.2 Å². The van der Waals surface area contributed by atoms with Crippen molar-refractivity contribution in [2.45, 2.75) is 40.0 Å². The first kappa shape index (κ1) is 25.6. The summed E-state index contributed by atoms with van der Waals surface area (Å²) in [6, 6.07) is 12.4. The Balaban J connectivity index is 1.66. The van der Waals surface area contributed by atoms with Gasteiger partial charge in [0.25, 0.3) is 5.91 Å². The molecule has 1 aliphatic rings. The Hall–Kier alpha value is -3.06. The summed E-state index contributed by atoms with van der Waals surface area (Å²) in [4.78, 5) is 43.4. The van der Waals surface area contributed by atoms with Crippen LogP contribution in [-0.2, 0) is 9.59 Å². The van der Waals surface area contributed by atoms with Gasteiger partial charge in [0.1, 0.15) is 25.5 Å². The predicted octanol–water partition coefficient (Wildman–Crippen LogP) is 4.51. The normalized spacial score (nSPS) is 13.4. The molecule has 3 amide bonds. The van der Waals surface area contributed by atoms with Crippen LogP contribution in [0, 0.1) is 6.92 Å². The maximum absolute atomic E-state index is 13.1. The van der Waals surface area contributed by atoms with Crippen LogP contribution in [0.1, 0.15) is 49.0 Å². The van der Waals surface area contributed by atoms with Gasteiger partial charge in [0, 0.05) is 22.8 Å². The van der Waals surface area contributed by atoms with Crippen LogP contribution >= 0.6 is 11.6 Å². The zero-order valence-corrected chi connectivity index (χ0v) is 20.8. The largest absolute Gasteiger partial charge is 0.494 e. The van der Waals surface area contributed by atoms with Crippen molar-refractivity contribution in [1.82, 2.24) is 9.80 Å². The standard InChI is InChI=1S/C26H32ClN3O4/c1-4-6-15-34-21-12-10-20(11-13-21)26(33)28(14-5-2)16-24(31)29-17-25(32)30(18-29)23-9-7-8-22(27)19(23)3/h7-13H,4-6,14-18H2,1-3H3. The third-order valence-electron chi connectivity index (χ3n) is 5.80. The zero-order valence-electron chi connectivity index (χ0n) is 20.1. The summed E-state index contributed by atoms with van der Waals surface area (Å²) in [5.41, 5.74) is 1.98. The highest BCUT2D eigenvalue weighted by Crippen LogP contribution is 2.28. The van der Waals surface area contributed by atoms with E-state index in [2.05, 4.69) is 6.92 Å². The van der Waals surface area contributed by atoms with Gasteiger partial charge in [0.2, 0.25) is 11.8 Å². The van der Waals surface area contributed by atoms with E-state index in [1.807, 2.05) is 19.9 Å². The molecule has 2 aromatic rings. The first-order valence-corrected chi connectivity index (χ1v) is 12.1. The molecule has 0 atom stereocenters. The molecule has 182 valence electrons. The SMILES string of the molecule is CCCCOc1ccc(C(=O)N(CCC)CC(=O)N2CC(=O)N(c3cccc(Cl)c3C)C2)cc1. The van der Waals surface area contributed by atoms with E-state index in [0.29, 0.717) is 35.8 Å². The number of halogens is 1. The minimum atomic E-state index is -0.267. The van der Waals surface area contributed by atoms with Crippen molar-refractivity contribution in [1.29, 1.82) is 0 Å². The molecular weight excluding hydrogens is 454 g/mol. The molecule has 1 saturated heterocycles. The zero-order chi connectivity index (χ0) is 24.7. The fourth-order valence-electron chi connectivity index (χ4n) is 3.81. The molecule has 8 heteroatoms. The van der Waals surface area contributed by atoms with Gasteiger partial charge in [-0.05, 0) is 61.7 Å². The molecule has 0 aromatic heterocycles. The van der Waals surface area contributed by atoms with Crippen molar-refractivity contribution in [3.63, 3.8) is 0 Å². The number of amides is 3. The highest BCUT2D eigenvalue weighted by Gasteiger charge is 2.33.